The van der Waals surface area contributed by atoms with Crippen LogP contribution in [0.3, 0.4) is 0 Å². The fourth-order valence-corrected chi connectivity index (χ4v) is 2.17. The third-order valence-corrected chi connectivity index (χ3v) is 3.36. The lowest BCUT2D eigenvalue weighted by Gasteiger charge is -2.14. The Balaban J connectivity index is 2.82. The SMILES string of the molecule is COCC(=O)C(CCCCC(=O)O)C(=O)c1cncc(OC)c1. The van der Waals surface area contributed by atoms with Crippen molar-refractivity contribution in [2.45, 2.75) is 25.7 Å². The molecule has 0 aliphatic heterocycles. The van der Waals surface area contributed by atoms with Crippen molar-refractivity contribution in [3.05, 3.63) is 24.0 Å². The largest absolute Gasteiger partial charge is 0.495 e. The molecule has 1 N–H and O–H groups in total. The average Bonchev–Trinajstić information content (AvgIpc) is 2.54. The zero-order valence-corrected chi connectivity index (χ0v) is 13.3. The van der Waals surface area contributed by atoms with Crippen LogP contribution in [-0.2, 0) is 14.3 Å². The molecule has 0 saturated heterocycles. The highest BCUT2D eigenvalue weighted by molar-refractivity contribution is 6.11. The molecule has 0 radical (unpaired) electrons. The van der Waals surface area contributed by atoms with Crippen LogP contribution in [0, 0.1) is 5.92 Å². The number of methoxy groups -OCH3 is 2. The number of aliphatic carboxylic acids is 1. The number of ether oxygens (including phenoxy) is 2. The quantitative estimate of drug-likeness (QED) is 0.376. The Bertz CT molecular complexity index is 557. The van der Waals surface area contributed by atoms with Crippen LogP contribution in [0.2, 0.25) is 0 Å². The Kier molecular flexibility index (Phi) is 7.90. The van der Waals surface area contributed by atoms with Crippen molar-refractivity contribution in [3.8, 4) is 5.75 Å². The number of rotatable bonds is 11. The summed E-state index contributed by atoms with van der Waals surface area (Å²) in [6, 6.07) is 1.53. The van der Waals surface area contributed by atoms with Crippen molar-refractivity contribution in [2.24, 2.45) is 5.92 Å². The van der Waals surface area contributed by atoms with Crippen LogP contribution in [0.1, 0.15) is 36.0 Å². The van der Waals surface area contributed by atoms with Gasteiger partial charge in [-0.1, -0.05) is 6.42 Å². The predicted molar refractivity (Wildman–Crippen MR) is 81.6 cm³/mol. The molecule has 0 spiro atoms. The van der Waals surface area contributed by atoms with Crippen molar-refractivity contribution in [2.75, 3.05) is 20.8 Å². The van der Waals surface area contributed by atoms with Crippen molar-refractivity contribution < 1.29 is 29.0 Å². The standard InChI is InChI=1S/C16H21NO6/c1-22-10-14(18)13(5-3-4-6-15(19)20)16(21)11-7-12(23-2)9-17-8-11/h7-9,13H,3-6,10H2,1-2H3,(H,19,20). The maximum Gasteiger partial charge on any atom is 0.303 e. The van der Waals surface area contributed by atoms with E-state index in [0.29, 0.717) is 18.6 Å². The van der Waals surface area contributed by atoms with Crippen LogP contribution in [-0.4, -0.2) is 48.5 Å². The number of hydrogen-bond acceptors (Lipinski definition) is 6. The lowest BCUT2D eigenvalue weighted by molar-refractivity contribution is -0.137. The number of unbranched alkanes of at least 4 members (excludes halogenated alkanes) is 1. The summed E-state index contributed by atoms with van der Waals surface area (Å²) in [7, 11) is 2.85. The first-order valence-electron chi connectivity index (χ1n) is 7.26. The second-order valence-electron chi connectivity index (χ2n) is 5.07. The van der Waals surface area contributed by atoms with Crippen LogP contribution < -0.4 is 4.74 Å². The number of Topliss-reactive ketones (excluding diaryl/α,β-unsaturated/α-hetero) is 2. The molecule has 0 fully saturated rings. The summed E-state index contributed by atoms with van der Waals surface area (Å²) >= 11 is 0. The molecule has 126 valence electrons. The summed E-state index contributed by atoms with van der Waals surface area (Å²) in [6.45, 7) is -0.160. The smallest absolute Gasteiger partial charge is 0.303 e. The van der Waals surface area contributed by atoms with Gasteiger partial charge in [-0.25, -0.2) is 0 Å². The molecular formula is C16H21NO6. The molecule has 1 aromatic heterocycles. The van der Waals surface area contributed by atoms with Gasteiger partial charge < -0.3 is 14.6 Å². The van der Waals surface area contributed by atoms with E-state index < -0.39 is 11.9 Å². The lowest BCUT2D eigenvalue weighted by Crippen LogP contribution is -2.27. The number of carboxylic acid groups (broad SMARTS) is 1. The molecule has 7 heteroatoms. The summed E-state index contributed by atoms with van der Waals surface area (Å²) in [5.41, 5.74) is 0.289. The molecule has 0 saturated carbocycles. The van der Waals surface area contributed by atoms with E-state index in [2.05, 4.69) is 4.98 Å². The molecule has 1 atom stereocenters. The number of carboxylic acids is 1. The third kappa shape index (κ3) is 6.15. The second-order valence-corrected chi connectivity index (χ2v) is 5.07. The second kappa shape index (κ2) is 9.68. The number of carbonyl (C=O) groups excluding carboxylic acids is 2. The van der Waals surface area contributed by atoms with Gasteiger partial charge in [-0.3, -0.25) is 19.4 Å². The number of nitrogens with zero attached hydrogens (tertiary/aromatic N) is 1. The number of hydrogen-bond donors (Lipinski definition) is 1. The number of ketones is 2. The summed E-state index contributed by atoms with van der Waals surface area (Å²) in [6.07, 6.45) is 4.03. The van der Waals surface area contributed by atoms with Crippen molar-refractivity contribution in [3.63, 3.8) is 0 Å². The van der Waals surface area contributed by atoms with E-state index >= 15 is 0 Å². The minimum atomic E-state index is -0.895. The topological polar surface area (TPSA) is 103 Å². The van der Waals surface area contributed by atoms with Gasteiger partial charge in [0.15, 0.2) is 11.6 Å². The normalized spacial score (nSPS) is 11.7. The number of carbonyl (C=O) groups is 3. The van der Waals surface area contributed by atoms with Crippen LogP contribution in [0.5, 0.6) is 5.75 Å². The highest BCUT2D eigenvalue weighted by Crippen LogP contribution is 2.20. The highest BCUT2D eigenvalue weighted by atomic mass is 16.5. The van der Waals surface area contributed by atoms with Crippen molar-refractivity contribution >= 4 is 17.5 Å². The Morgan fingerprint density at radius 3 is 2.57 bits per heavy atom. The first kappa shape index (κ1) is 18.8. The number of aromatic nitrogens is 1. The van der Waals surface area contributed by atoms with Crippen molar-refractivity contribution in [1.82, 2.24) is 4.98 Å². The van der Waals surface area contributed by atoms with E-state index in [-0.39, 0.29) is 36.6 Å². The predicted octanol–water partition coefficient (Wildman–Crippen LogP) is 1.75. The molecule has 0 bridgehead atoms. The maximum absolute atomic E-state index is 12.6. The van der Waals surface area contributed by atoms with E-state index in [1.54, 1.807) is 0 Å². The first-order chi connectivity index (χ1) is 11.0. The van der Waals surface area contributed by atoms with Gasteiger partial charge in [0.25, 0.3) is 0 Å². The van der Waals surface area contributed by atoms with E-state index in [0.717, 1.165) is 0 Å². The van der Waals surface area contributed by atoms with E-state index in [1.807, 2.05) is 0 Å². The molecule has 0 amide bonds. The van der Waals surface area contributed by atoms with Crippen molar-refractivity contribution in [1.29, 1.82) is 0 Å². The van der Waals surface area contributed by atoms with Gasteiger partial charge in [-0.2, -0.15) is 0 Å². The van der Waals surface area contributed by atoms with Gasteiger partial charge in [0.2, 0.25) is 0 Å². The Hall–Kier alpha value is -2.28. The van der Waals surface area contributed by atoms with Crippen LogP contribution in [0.25, 0.3) is 0 Å². The van der Waals surface area contributed by atoms with E-state index in [4.69, 9.17) is 14.6 Å². The third-order valence-electron chi connectivity index (χ3n) is 3.36. The molecule has 0 aliphatic carbocycles. The molecule has 23 heavy (non-hydrogen) atoms. The van der Waals surface area contributed by atoms with Gasteiger partial charge in [-0.05, 0) is 18.9 Å². The zero-order chi connectivity index (χ0) is 17.2. The van der Waals surface area contributed by atoms with Crippen LogP contribution in [0.4, 0.5) is 0 Å². The van der Waals surface area contributed by atoms with Gasteiger partial charge in [0.1, 0.15) is 12.4 Å². The molecule has 1 rings (SSSR count). The Morgan fingerprint density at radius 1 is 1.22 bits per heavy atom. The van der Waals surface area contributed by atoms with E-state index in [9.17, 15) is 14.4 Å². The fourth-order valence-electron chi connectivity index (χ4n) is 2.17. The summed E-state index contributed by atoms with van der Waals surface area (Å²) < 4.78 is 9.85. The number of pyridine rings is 1. The minimum absolute atomic E-state index is 0.0140. The lowest BCUT2D eigenvalue weighted by atomic mass is 9.89. The molecule has 1 aromatic rings. The molecule has 0 aromatic carbocycles. The summed E-state index contributed by atoms with van der Waals surface area (Å²) in [5.74, 6) is -2.00. The Labute approximate surface area is 134 Å². The summed E-state index contributed by atoms with van der Waals surface area (Å²) in [5, 5.41) is 8.64. The average molecular weight is 323 g/mol. The molecule has 1 heterocycles. The van der Waals surface area contributed by atoms with Gasteiger partial charge in [-0.15, -0.1) is 0 Å². The van der Waals surface area contributed by atoms with Gasteiger partial charge in [0, 0.05) is 25.3 Å². The minimum Gasteiger partial charge on any atom is -0.495 e. The molecule has 7 nitrogen and oxygen atoms in total. The monoisotopic (exact) mass is 323 g/mol. The van der Waals surface area contributed by atoms with Crippen LogP contribution >= 0.6 is 0 Å². The first-order valence-corrected chi connectivity index (χ1v) is 7.26. The fraction of sp³-hybridized carbons (Fsp3) is 0.500. The van der Waals surface area contributed by atoms with Gasteiger partial charge in [0.05, 0.1) is 19.2 Å². The summed E-state index contributed by atoms with van der Waals surface area (Å²) in [4.78, 5) is 39.1. The van der Waals surface area contributed by atoms with Gasteiger partial charge >= 0.3 is 5.97 Å². The highest BCUT2D eigenvalue weighted by Gasteiger charge is 2.27. The maximum atomic E-state index is 12.6. The zero-order valence-electron chi connectivity index (χ0n) is 13.3. The molecule has 1 unspecified atom stereocenters. The van der Waals surface area contributed by atoms with Crippen LogP contribution in [0.15, 0.2) is 18.5 Å². The molecule has 0 aliphatic rings. The Morgan fingerprint density at radius 2 is 1.96 bits per heavy atom. The van der Waals surface area contributed by atoms with E-state index in [1.165, 1.54) is 32.7 Å². The molecular weight excluding hydrogens is 302 g/mol.